The molecule has 1 aromatic rings. The molecule has 88 valence electrons. The number of amides is 1. The fraction of sp³-hybridized carbons (Fsp3) is 0.417. The van der Waals surface area contributed by atoms with Gasteiger partial charge < -0.3 is 9.84 Å². The Morgan fingerprint density at radius 2 is 2.00 bits per heavy atom. The Kier molecular flexibility index (Phi) is 4.79. The maximum atomic E-state index is 11.6. The van der Waals surface area contributed by atoms with Crippen molar-refractivity contribution >= 4 is 11.8 Å². The van der Waals surface area contributed by atoms with E-state index < -0.39 is 6.09 Å². The zero-order valence-electron chi connectivity index (χ0n) is 9.64. The lowest BCUT2D eigenvalue weighted by atomic mass is 10.2. The Labute approximate surface area is 95.5 Å². The van der Waals surface area contributed by atoms with E-state index in [9.17, 15) is 4.79 Å². The highest BCUT2D eigenvalue weighted by Gasteiger charge is 2.14. The highest BCUT2D eigenvalue weighted by Crippen LogP contribution is 2.15. The Morgan fingerprint density at radius 3 is 2.50 bits per heavy atom. The minimum atomic E-state index is -0.430. The third-order valence-electron chi connectivity index (χ3n) is 2.20. The average molecular weight is 223 g/mol. The molecule has 0 fully saturated rings. The maximum absolute atomic E-state index is 11.6. The summed E-state index contributed by atoms with van der Waals surface area (Å²) in [6, 6.07) is 7.63. The molecule has 1 aromatic carbocycles. The average Bonchev–Trinajstić information content (AvgIpc) is 2.30. The van der Waals surface area contributed by atoms with Gasteiger partial charge in [0.15, 0.2) is 0 Å². The lowest BCUT2D eigenvalue weighted by Gasteiger charge is -2.20. The third-order valence-corrected chi connectivity index (χ3v) is 2.20. The second-order valence-corrected chi connectivity index (χ2v) is 3.42. The van der Waals surface area contributed by atoms with E-state index in [2.05, 4.69) is 0 Å². The number of aryl methyl sites for hydroxylation is 1. The van der Waals surface area contributed by atoms with Crippen LogP contribution in [0, 0.1) is 6.92 Å². The van der Waals surface area contributed by atoms with Crippen molar-refractivity contribution in [3.8, 4) is 0 Å². The second-order valence-electron chi connectivity index (χ2n) is 3.42. The summed E-state index contributed by atoms with van der Waals surface area (Å²) < 4.78 is 4.87. The molecule has 0 bridgehead atoms. The van der Waals surface area contributed by atoms with Crippen LogP contribution in [-0.4, -0.2) is 31.0 Å². The van der Waals surface area contributed by atoms with Crippen molar-refractivity contribution in [3.63, 3.8) is 0 Å². The number of aliphatic hydroxyl groups excluding tert-OH is 1. The van der Waals surface area contributed by atoms with Crippen LogP contribution in [0.5, 0.6) is 0 Å². The fourth-order valence-electron chi connectivity index (χ4n) is 1.35. The molecule has 0 unspecified atom stereocenters. The van der Waals surface area contributed by atoms with Crippen molar-refractivity contribution in [2.45, 2.75) is 13.8 Å². The van der Waals surface area contributed by atoms with Gasteiger partial charge in [-0.05, 0) is 26.0 Å². The maximum Gasteiger partial charge on any atom is 0.414 e. The Bertz CT molecular complexity index is 335. The molecule has 0 saturated heterocycles. The van der Waals surface area contributed by atoms with Crippen molar-refractivity contribution in [2.75, 3.05) is 24.7 Å². The predicted octanol–water partition coefficient (Wildman–Crippen LogP) is 1.95. The molecule has 0 radical (unpaired) electrons. The van der Waals surface area contributed by atoms with Crippen molar-refractivity contribution < 1.29 is 14.6 Å². The van der Waals surface area contributed by atoms with Gasteiger partial charge in [-0.25, -0.2) is 4.79 Å². The minimum Gasteiger partial charge on any atom is -0.447 e. The van der Waals surface area contributed by atoms with Crippen LogP contribution in [0.4, 0.5) is 10.5 Å². The number of ether oxygens (including phenoxy) is 1. The van der Waals surface area contributed by atoms with Crippen molar-refractivity contribution in [1.29, 1.82) is 0 Å². The van der Waals surface area contributed by atoms with Gasteiger partial charge in [0.25, 0.3) is 0 Å². The lowest BCUT2D eigenvalue weighted by molar-refractivity contribution is 0.125. The van der Waals surface area contributed by atoms with Crippen LogP contribution in [0.15, 0.2) is 24.3 Å². The molecule has 0 aliphatic carbocycles. The van der Waals surface area contributed by atoms with Gasteiger partial charge in [0.1, 0.15) is 6.61 Å². The molecule has 0 spiro atoms. The van der Waals surface area contributed by atoms with Crippen LogP contribution < -0.4 is 4.90 Å². The van der Waals surface area contributed by atoms with E-state index in [4.69, 9.17) is 9.84 Å². The number of aliphatic hydroxyl groups is 1. The quantitative estimate of drug-likeness (QED) is 0.848. The SMILES string of the molecule is CCN(C(=O)OCCO)c1ccc(C)cc1. The number of hydrogen-bond donors (Lipinski definition) is 1. The summed E-state index contributed by atoms with van der Waals surface area (Å²) in [7, 11) is 0. The first-order chi connectivity index (χ1) is 7.69. The molecule has 0 saturated carbocycles. The molecule has 0 aromatic heterocycles. The molecule has 0 aliphatic rings. The van der Waals surface area contributed by atoms with Crippen LogP contribution in [0.25, 0.3) is 0 Å². The topological polar surface area (TPSA) is 49.8 Å². The number of carbonyl (C=O) groups is 1. The second kappa shape index (κ2) is 6.12. The monoisotopic (exact) mass is 223 g/mol. The van der Waals surface area contributed by atoms with E-state index in [1.165, 1.54) is 4.90 Å². The molecular weight excluding hydrogens is 206 g/mol. The van der Waals surface area contributed by atoms with Gasteiger partial charge in [0.05, 0.1) is 6.61 Å². The zero-order valence-corrected chi connectivity index (χ0v) is 9.64. The summed E-state index contributed by atoms with van der Waals surface area (Å²) in [5, 5.41) is 8.58. The van der Waals surface area contributed by atoms with Gasteiger partial charge in [0, 0.05) is 12.2 Å². The number of benzene rings is 1. The van der Waals surface area contributed by atoms with Crippen LogP contribution >= 0.6 is 0 Å². The van der Waals surface area contributed by atoms with E-state index in [-0.39, 0.29) is 13.2 Å². The predicted molar refractivity (Wildman–Crippen MR) is 62.6 cm³/mol. The summed E-state index contributed by atoms with van der Waals surface area (Å²) in [5.41, 5.74) is 1.94. The number of anilines is 1. The molecular formula is C12H17NO3. The largest absolute Gasteiger partial charge is 0.447 e. The van der Waals surface area contributed by atoms with Crippen molar-refractivity contribution in [1.82, 2.24) is 0 Å². The summed E-state index contributed by atoms with van der Waals surface area (Å²) in [5.74, 6) is 0. The van der Waals surface area contributed by atoms with Gasteiger partial charge in [-0.1, -0.05) is 17.7 Å². The normalized spacial score (nSPS) is 9.94. The van der Waals surface area contributed by atoms with E-state index in [0.717, 1.165) is 11.3 Å². The van der Waals surface area contributed by atoms with E-state index in [1.807, 2.05) is 38.1 Å². The number of carbonyl (C=O) groups excluding carboxylic acids is 1. The zero-order chi connectivity index (χ0) is 12.0. The summed E-state index contributed by atoms with van der Waals surface area (Å²) in [6.45, 7) is 4.27. The van der Waals surface area contributed by atoms with Gasteiger partial charge in [-0.2, -0.15) is 0 Å². The van der Waals surface area contributed by atoms with Crippen LogP contribution in [0.3, 0.4) is 0 Å². The van der Waals surface area contributed by atoms with Gasteiger partial charge in [0.2, 0.25) is 0 Å². The van der Waals surface area contributed by atoms with Crippen LogP contribution in [0.1, 0.15) is 12.5 Å². The number of hydrogen-bond acceptors (Lipinski definition) is 3. The van der Waals surface area contributed by atoms with E-state index in [0.29, 0.717) is 6.54 Å². The molecule has 1 rings (SSSR count). The molecule has 1 N–H and O–H groups in total. The first-order valence-electron chi connectivity index (χ1n) is 5.31. The van der Waals surface area contributed by atoms with Crippen LogP contribution in [-0.2, 0) is 4.74 Å². The Hall–Kier alpha value is -1.55. The summed E-state index contributed by atoms with van der Waals surface area (Å²) >= 11 is 0. The molecule has 0 aliphatic heterocycles. The van der Waals surface area contributed by atoms with Crippen LogP contribution in [0.2, 0.25) is 0 Å². The Balaban J connectivity index is 2.73. The van der Waals surface area contributed by atoms with Crippen molar-refractivity contribution in [2.24, 2.45) is 0 Å². The number of nitrogens with zero attached hydrogens (tertiary/aromatic N) is 1. The molecule has 0 heterocycles. The van der Waals surface area contributed by atoms with Gasteiger partial charge in [-0.15, -0.1) is 0 Å². The first kappa shape index (κ1) is 12.5. The third kappa shape index (κ3) is 3.24. The Morgan fingerprint density at radius 1 is 1.38 bits per heavy atom. The fourth-order valence-corrected chi connectivity index (χ4v) is 1.35. The molecule has 0 atom stereocenters. The summed E-state index contributed by atoms with van der Waals surface area (Å²) in [4.78, 5) is 13.1. The smallest absolute Gasteiger partial charge is 0.414 e. The molecule has 4 heteroatoms. The van der Waals surface area contributed by atoms with E-state index >= 15 is 0 Å². The van der Waals surface area contributed by atoms with E-state index in [1.54, 1.807) is 0 Å². The molecule has 1 amide bonds. The van der Waals surface area contributed by atoms with Crippen molar-refractivity contribution in [3.05, 3.63) is 29.8 Å². The first-order valence-corrected chi connectivity index (χ1v) is 5.31. The van der Waals surface area contributed by atoms with Gasteiger partial charge in [-0.3, -0.25) is 4.90 Å². The lowest BCUT2D eigenvalue weighted by Crippen LogP contribution is -2.31. The highest BCUT2D eigenvalue weighted by molar-refractivity contribution is 5.87. The minimum absolute atomic E-state index is 0.0290. The highest BCUT2D eigenvalue weighted by atomic mass is 16.6. The summed E-state index contributed by atoms with van der Waals surface area (Å²) in [6.07, 6.45) is -0.430. The molecule has 16 heavy (non-hydrogen) atoms. The number of rotatable bonds is 4. The van der Waals surface area contributed by atoms with Gasteiger partial charge >= 0.3 is 6.09 Å². The molecule has 4 nitrogen and oxygen atoms in total. The standard InChI is InChI=1S/C12H17NO3/c1-3-13(12(15)16-9-8-14)11-6-4-10(2)5-7-11/h4-7,14H,3,8-9H2,1-2H3.